The van der Waals surface area contributed by atoms with Gasteiger partial charge in [0, 0.05) is 16.9 Å². The van der Waals surface area contributed by atoms with Crippen LogP contribution in [0.4, 0.5) is 0 Å². The third-order valence-electron chi connectivity index (χ3n) is 4.65. The van der Waals surface area contributed by atoms with Crippen LogP contribution in [0.5, 0.6) is 5.75 Å². The van der Waals surface area contributed by atoms with Crippen molar-refractivity contribution in [2.24, 2.45) is 12.8 Å². The summed E-state index contributed by atoms with van der Waals surface area (Å²) in [5.41, 5.74) is 8.07. The van der Waals surface area contributed by atoms with Crippen molar-refractivity contribution in [3.8, 4) is 11.8 Å². The highest BCUT2D eigenvalue weighted by atomic mass is 79.9. The molecule has 6 heteroatoms. The lowest BCUT2D eigenvalue weighted by Gasteiger charge is -2.27. The fraction of sp³-hybridized carbons (Fsp3) is 0.100. The topological polar surface area (TPSA) is 81.0 Å². The van der Waals surface area contributed by atoms with E-state index < -0.39 is 5.92 Å². The summed E-state index contributed by atoms with van der Waals surface area (Å²) in [6.07, 6.45) is 0. The van der Waals surface area contributed by atoms with E-state index in [2.05, 4.69) is 22.0 Å². The number of hydrogen-bond acceptors (Lipinski definition) is 4. The summed E-state index contributed by atoms with van der Waals surface area (Å²) in [4.78, 5) is 13.2. The average Bonchev–Trinajstić information content (AvgIpc) is 2.65. The number of hydrogen-bond donors (Lipinski definition) is 1. The fourth-order valence-electron chi connectivity index (χ4n) is 3.45. The maximum absolute atomic E-state index is 13.2. The van der Waals surface area contributed by atoms with Crippen LogP contribution in [0, 0.1) is 11.3 Å². The Bertz CT molecular complexity index is 1190. The van der Waals surface area contributed by atoms with Crippen LogP contribution < -0.4 is 16.0 Å². The van der Waals surface area contributed by atoms with E-state index in [-0.39, 0.29) is 17.0 Å². The molecule has 1 atom stereocenters. The van der Waals surface area contributed by atoms with Gasteiger partial charge in [-0.15, -0.1) is 0 Å². The third-order valence-corrected chi connectivity index (χ3v) is 5.14. The number of rotatable bonds is 1. The molecule has 128 valence electrons. The largest absolute Gasteiger partial charge is 0.439 e. The van der Waals surface area contributed by atoms with Gasteiger partial charge in [-0.05, 0) is 29.8 Å². The molecule has 0 aliphatic carbocycles. The van der Waals surface area contributed by atoms with Crippen molar-refractivity contribution in [2.75, 3.05) is 0 Å². The van der Waals surface area contributed by atoms with Crippen LogP contribution in [0.2, 0.25) is 0 Å². The second kappa shape index (κ2) is 6.04. The molecule has 0 saturated carbocycles. The predicted molar refractivity (Wildman–Crippen MR) is 103 cm³/mol. The van der Waals surface area contributed by atoms with Crippen molar-refractivity contribution >= 4 is 26.8 Å². The Morgan fingerprint density at radius 1 is 1.23 bits per heavy atom. The molecule has 4 rings (SSSR count). The molecule has 0 spiro atoms. The van der Waals surface area contributed by atoms with Crippen LogP contribution in [0.1, 0.15) is 17.0 Å². The van der Waals surface area contributed by atoms with E-state index in [1.807, 2.05) is 48.5 Å². The lowest BCUT2D eigenvalue weighted by Crippen LogP contribution is -2.31. The number of nitrogens with zero attached hydrogens (tertiary/aromatic N) is 2. The van der Waals surface area contributed by atoms with Crippen molar-refractivity contribution in [1.29, 1.82) is 5.26 Å². The Labute approximate surface area is 158 Å². The molecule has 1 unspecified atom stereocenters. The van der Waals surface area contributed by atoms with Gasteiger partial charge >= 0.3 is 0 Å². The molecule has 0 saturated heterocycles. The van der Waals surface area contributed by atoms with Crippen LogP contribution in [0.25, 0.3) is 10.9 Å². The molecular weight excluding hydrogens is 394 g/mol. The number of aryl methyl sites for hydroxylation is 1. The Balaban J connectivity index is 2.14. The molecule has 0 amide bonds. The number of pyridine rings is 1. The monoisotopic (exact) mass is 407 g/mol. The first-order valence-corrected chi connectivity index (χ1v) is 8.77. The quantitative estimate of drug-likeness (QED) is 0.668. The highest BCUT2D eigenvalue weighted by Gasteiger charge is 2.35. The Morgan fingerprint density at radius 3 is 2.73 bits per heavy atom. The molecule has 26 heavy (non-hydrogen) atoms. The van der Waals surface area contributed by atoms with E-state index in [9.17, 15) is 10.1 Å². The van der Waals surface area contributed by atoms with Crippen molar-refractivity contribution < 1.29 is 4.74 Å². The number of allylic oxidation sites excluding steroid dienone is 1. The Morgan fingerprint density at radius 2 is 2.00 bits per heavy atom. The SMILES string of the molecule is Cn1c(=O)c2c(c3ccccc31)OC(N)=C(C#N)C2c1cccc(Br)c1. The summed E-state index contributed by atoms with van der Waals surface area (Å²) in [6, 6.07) is 17.1. The maximum Gasteiger partial charge on any atom is 0.258 e. The van der Waals surface area contributed by atoms with Gasteiger partial charge in [-0.25, -0.2) is 0 Å². The van der Waals surface area contributed by atoms with Gasteiger partial charge in [0.05, 0.1) is 17.0 Å². The number of ether oxygens (including phenoxy) is 1. The van der Waals surface area contributed by atoms with Gasteiger partial charge in [0.25, 0.3) is 5.56 Å². The minimum absolute atomic E-state index is 0.0309. The summed E-state index contributed by atoms with van der Waals surface area (Å²) < 4.78 is 8.22. The summed E-state index contributed by atoms with van der Waals surface area (Å²) in [7, 11) is 1.72. The van der Waals surface area contributed by atoms with Gasteiger partial charge in [-0.1, -0.05) is 40.2 Å². The molecule has 5 nitrogen and oxygen atoms in total. The van der Waals surface area contributed by atoms with Crippen molar-refractivity contribution in [3.05, 3.63) is 85.9 Å². The van der Waals surface area contributed by atoms with Crippen LogP contribution in [-0.4, -0.2) is 4.57 Å². The van der Waals surface area contributed by atoms with Gasteiger partial charge < -0.3 is 15.0 Å². The minimum atomic E-state index is -0.579. The highest BCUT2D eigenvalue weighted by Crippen LogP contribution is 2.43. The van der Waals surface area contributed by atoms with Gasteiger partial charge in [0.2, 0.25) is 5.88 Å². The minimum Gasteiger partial charge on any atom is -0.439 e. The molecule has 3 aromatic rings. The Kier molecular flexibility index (Phi) is 3.82. The normalized spacial score (nSPS) is 16.1. The van der Waals surface area contributed by atoms with Crippen molar-refractivity contribution in [2.45, 2.75) is 5.92 Å². The third kappa shape index (κ3) is 2.32. The van der Waals surface area contributed by atoms with E-state index >= 15 is 0 Å². The first-order chi connectivity index (χ1) is 12.5. The van der Waals surface area contributed by atoms with E-state index in [1.165, 1.54) is 0 Å². The second-order valence-corrected chi connectivity index (χ2v) is 7.02. The number of aromatic nitrogens is 1. The van der Waals surface area contributed by atoms with E-state index in [0.717, 1.165) is 20.9 Å². The van der Waals surface area contributed by atoms with E-state index in [1.54, 1.807) is 11.6 Å². The van der Waals surface area contributed by atoms with Crippen LogP contribution >= 0.6 is 15.9 Å². The van der Waals surface area contributed by atoms with Crippen LogP contribution in [-0.2, 0) is 7.05 Å². The number of halogens is 1. The zero-order valence-corrected chi connectivity index (χ0v) is 15.4. The number of benzene rings is 2. The molecule has 0 radical (unpaired) electrons. The fourth-order valence-corrected chi connectivity index (χ4v) is 3.86. The number of nitrogens with two attached hydrogens (primary N) is 1. The lowest BCUT2D eigenvalue weighted by atomic mass is 9.83. The van der Waals surface area contributed by atoms with Gasteiger partial charge in [-0.3, -0.25) is 4.79 Å². The zero-order valence-electron chi connectivity index (χ0n) is 13.9. The number of para-hydroxylation sites is 1. The molecule has 2 heterocycles. The summed E-state index contributed by atoms with van der Waals surface area (Å²) >= 11 is 3.45. The standard InChI is InChI=1S/C20H14BrN3O2/c1-24-15-8-3-2-7-13(15)18-17(20(24)25)16(14(10-22)19(23)26-18)11-5-4-6-12(21)9-11/h2-9,16H,23H2,1H3. The van der Waals surface area contributed by atoms with Crippen LogP contribution in [0.3, 0.4) is 0 Å². The zero-order chi connectivity index (χ0) is 18.4. The molecule has 1 aliphatic heterocycles. The lowest BCUT2D eigenvalue weighted by molar-refractivity contribution is 0.396. The number of fused-ring (bicyclic) bond motifs is 3. The average molecular weight is 408 g/mol. The van der Waals surface area contributed by atoms with E-state index in [0.29, 0.717) is 11.3 Å². The predicted octanol–water partition coefficient (Wildman–Crippen LogP) is 3.52. The summed E-state index contributed by atoms with van der Waals surface area (Å²) in [6.45, 7) is 0. The molecule has 1 aliphatic rings. The van der Waals surface area contributed by atoms with E-state index in [4.69, 9.17) is 10.5 Å². The molecule has 2 aromatic carbocycles. The first kappa shape index (κ1) is 16.4. The molecule has 0 bridgehead atoms. The molecule has 1 aromatic heterocycles. The highest BCUT2D eigenvalue weighted by molar-refractivity contribution is 9.10. The summed E-state index contributed by atoms with van der Waals surface area (Å²) in [5.74, 6) is -0.127. The Hall–Kier alpha value is -3.04. The van der Waals surface area contributed by atoms with Gasteiger partial charge in [0.15, 0.2) is 0 Å². The van der Waals surface area contributed by atoms with Crippen molar-refractivity contribution in [3.63, 3.8) is 0 Å². The van der Waals surface area contributed by atoms with Crippen molar-refractivity contribution in [1.82, 2.24) is 4.57 Å². The first-order valence-electron chi connectivity index (χ1n) is 7.97. The van der Waals surface area contributed by atoms with Crippen LogP contribution in [0.15, 0.2) is 69.3 Å². The van der Waals surface area contributed by atoms with Gasteiger partial charge in [0.1, 0.15) is 17.4 Å². The second-order valence-electron chi connectivity index (χ2n) is 6.10. The number of nitriles is 1. The summed E-state index contributed by atoms with van der Waals surface area (Å²) in [5, 5.41) is 10.5. The molecular formula is C20H14BrN3O2. The molecule has 0 fully saturated rings. The smallest absolute Gasteiger partial charge is 0.258 e. The maximum atomic E-state index is 13.2. The van der Waals surface area contributed by atoms with Gasteiger partial charge in [-0.2, -0.15) is 5.26 Å². The molecule has 2 N–H and O–H groups in total.